The van der Waals surface area contributed by atoms with Gasteiger partial charge in [0, 0.05) is 5.02 Å². The molecule has 70 valence electrons. The van der Waals surface area contributed by atoms with Crippen LogP contribution in [0.1, 0.15) is 0 Å². The van der Waals surface area contributed by atoms with E-state index < -0.39 is 0 Å². The van der Waals surface area contributed by atoms with Crippen LogP contribution in [0.4, 0.5) is 5.69 Å². The van der Waals surface area contributed by atoms with E-state index in [1.54, 1.807) is 18.2 Å². The van der Waals surface area contributed by atoms with Crippen LogP contribution in [0, 0.1) is 0 Å². The quantitative estimate of drug-likeness (QED) is 0.572. The molecule has 0 aromatic heterocycles. The summed E-state index contributed by atoms with van der Waals surface area (Å²) >= 11 is 11.3. The van der Waals surface area contributed by atoms with Crippen molar-refractivity contribution in [1.82, 2.24) is 0 Å². The Morgan fingerprint density at radius 2 is 1.83 bits per heavy atom. The van der Waals surface area contributed by atoms with Gasteiger partial charge in [-0.25, -0.2) is 0 Å². The summed E-state index contributed by atoms with van der Waals surface area (Å²) in [4.78, 5) is 0. The Morgan fingerprint density at radius 3 is 2.25 bits per heavy atom. The Bertz CT molecular complexity index is 244. The molecule has 6 heteroatoms. The number of benzene rings is 1. The second-order valence-corrected chi connectivity index (χ2v) is 2.61. The minimum atomic E-state index is 0. The summed E-state index contributed by atoms with van der Waals surface area (Å²) in [6.07, 6.45) is 0. The maximum absolute atomic E-state index is 5.70. The third kappa shape index (κ3) is 3.47. The number of anilines is 1. The van der Waals surface area contributed by atoms with Crippen molar-refractivity contribution in [3.63, 3.8) is 0 Å². The molecule has 0 bridgehead atoms. The number of nitrogens with two attached hydrogens (primary N) is 1. The minimum Gasteiger partial charge on any atom is -0.412 e. The molecular formula is C6H9Cl3N2O. The van der Waals surface area contributed by atoms with E-state index in [0.717, 1.165) is 0 Å². The standard InChI is InChI=1S/C6H6Cl2N2.ClH.H2O/c7-4-1-2-6(10-9)5(8)3-4;;/h1-3,10H,9H2;1H;1H2. The third-order valence-electron chi connectivity index (χ3n) is 1.09. The SMILES string of the molecule is Cl.NNc1ccc(Cl)cc1Cl.O. The normalized spacial score (nSPS) is 7.92. The van der Waals surface area contributed by atoms with E-state index in [2.05, 4.69) is 5.43 Å². The van der Waals surface area contributed by atoms with E-state index in [-0.39, 0.29) is 17.9 Å². The van der Waals surface area contributed by atoms with Gasteiger partial charge >= 0.3 is 0 Å². The summed E-state index contributed by atoms with van der Waals surface area (Å²) in [5.74, 6) is 5.12. The third-order valence-corrected chi connectivity index (χ3v) is 1.63. The average molecular weight is 232 g/mol. The van der Waals surface area contributed by atoms with E-state index in [9.17, 15) is 0 Å². The van der Waals surface area contributed by atoms with Gasteiger partial charge in [0.2, 0.25) is 0 Å². The zero-order valence-electron chi connectivity index (χ0n) is 5.97. The number of hydrogen-bond acceptors (Lipinski definition) is 2. The Hall–Kier alpha value is -0.190. The van der Waals surface area contributed by atoms with Crippen LogP contribution < -0.4 is 11.3 Å². The highest BCUT2D eigenvalue weighted by Crippen LogP contribution is 2.23. The van der Waals surface area contributed by atoms with Crippen LogP contribution >= 0.6 is 35.6 Å². The Kier molecular flexibility index (Phi) is 7.58. The van der Waals surface area contributed by atoms with E-state index in [1.165, 1.54) is 0 Å². The van der Waals surface area contributed by atoms with Crippen molar-refractivity contribution < 1.29 is 5.48 Å². The maximum atomic E-state index is 5.70. The largest absolute Gasteiger partial charge is 0.412 e. The van der Waals surface area contributed by atoms with Crippen LogP contribution in [-0.4, -0.2) is 5.48 Å². The number of hydrogen-bond donors (Lipinski definition) is 2. The van der Waals surface area contributed by atoms with Crippen LogP contribution in [0.15, 0.2) is 18.2 Å². The molecule has 0 radical (unpaired) electrons. The average Bonchev–Trinajstić information content (AvgIpc) is 1.88. The van der Waals surface area contributed by atoms with E-state index in [0.29, 0.717) is 15.7 Å². The van der Waals surface area contributed by atoms with E-state index >= 15 is 0 Å². The second-order valence-electron chi connectivity index (χ2n) is 1.77. The maximum Gasteiger partial charge on any atom is 0.0672 e. The molecule has 0 aliphatic rings. The van der Waals surface area contributed by atoms with Gasteiger partial charge in [0.1, 0.15) is 0 Å². The summed E-state index contributed by atoms with van der Waals surface area (Å²) in [5.41, 5.74) is 3.10. The Balaban J connectivity index is 0. The van der Waals surface area contributed by atoms with Crippen LogP contribution in [0.25, 0.3) is 0 Å². The lowest BCUT2D eigenvalue weighted by atomic mass is 10.3. The molecule has 0 atom stereocenters. The molecule has 0 aliphatic carbocycles. The number of halogens is 3. The van der Waals surface area contributed by atoms with Crippen molar-refractivity contribution in [3.8, 4) is 0 Å². The highest BCUT2D eigenvalue weighted by atomic mass is 35.5. The van der Waals surface area contributed by atoms with Gasteiger partial charge in [0.25, 0.3) is 0 Å². The molecule has 3 nitrogen and oxygen atoms in total. The summed E-state index contributed by atoms with van der Waals surface area (Å²) in [5, 5.41) is 1.12. The minimum absolute atomic E-state index is 0. The van der Waals surface area contributed by atoms with E-state index in [1.807, 2.05) is 0 Å². The predicted molar refractivity (Wildman–Crippen MR) is 55.1 cm³/mol. The van der Waals surface area contributed by atoms with Crippen molar-refractivity contribution in [2.24, 2.45) is 5.84 Å². The molecular weight excluding hydrogens is 222 g/mol. The van der Waals surface area contributed by atoms with Crippen LogP contribution in [0.2, 0.25) is 10.0 Å². The zero-order chi connectivity index (χ0) is 7.56. The lowest BCUT2D eigenvalue weighted by Crippen LogP contribution is -2.06. The van der Waals surface area contributed by atoms with Gasteiger partial charge < -0.3 is 10.9 Å². The van der Waals surface area contributed by atoms with Gasteiger partial charge in [-0.1, -0.05) is 23.2 Å². The van der Waals surface area contributed by atoms with Crippen LogP contribution in [0.5, 0.6) is 0 Å². The number of nitrogen functional groups attached to an aromatic ring is 1. The van der Waals surface area contributed by atoms with Gasteiger partial charge in [-0.05, 0) is 18.2 Å². The molecule has 1 aromatic rings. The molecule has 0 aliphatic heterocycles. The molecule has 0 saturated heterocycles. The fourth-order valence-electron chi connectivity index (χ4n) is 0.607. The molecule has 1 aromatic carbocycles. The first-order valence-electron chi connectivity index (χ1n) is 2.65. The predicted octanol–water partition coefficient (Wildman–Crippen LogP) is 1.88. The highest BCUT2D eigenvalue weighted by Gasteiger charge is 1.96. The fourth-order valence-corrected chi connectivity index (χ4v) is 1.07. The van der Waals surface area contributed by atoms with Crippen molar-refractivity contribution >= 4 is 41.3 Å². The van der Waals surface area contributed by atoms with Crippen molar-refractivity contribution in [1.29, 1.82) is 0 Å². The molecule has 5 N–H and O–H groups in total. The van der Waals surface area contributed by atoms with Gasteiger partial charge in [-0.3, -0.25) is 5.84 Å². The molecule has 0 spiro atoms. The summed E-state index contributed by atoms with van der Waals surface area (Å²) in [7, 11) is 0. The summed E-state index contributed by atoms with van der Waals surface area (Å²) in [6.45, 7) is 0. The number of nitrogens with one attached hydrogen (secondary N) is 1. The van der Waals surface area contributed by atoms with Gasteiger partial charge in [-0.2, -0.15) is 0 Å². The summed E-state index contributed by atoms with van der Waals surface area (Å²) in [6, 6.07) is 5.05. The number of hydrazine groups is 1. The monoisotopic (exact) mass is 230 g/mol. The first-order valence-corrected chi connectivity index (χ1v) is 3.41. The molecule has 12 heavy (non-hydrogen) atoms. The first kappa shape index (κ1) is 14.3. The van der Waals surface area contributed by atoms with Crippen molar-refractivity contribution in [3.05, 3.63) is 28.2 Å². The highest BCUT2D eigenvalue weighted by molar-refractivity contribution is 6.36. The van der Waals surface area contributed by atoms with Gasteiger partial charge in [-0.15, -0.1) is 12.4 Å². The first-order chi connectivity index (χ1) is 4.74. The molecule has 0 saturated carbocycles. The molecule has 1 rings (SSSR count). The van der Waals surface area contributed by atoms with Crippen molar-refractivity contribution in [2.75, 3.05) is 5.43 Å². The molecule has 0 unspecified atom stereocenters. The number of rotatable bonds is 1. The van der Waals surface area contributed by atoms with Crippen LogP contribution in [0.3, 0.4) is 0 Å². The lowest BCUT2D eigenvalue weighted by Gasteiger charge is -2.01. The smallest absolute Gasteiger partial charge is 0.0672 e. The lowest BCUT2D eigenvalue weighted by molar-refractivity contribution is 0.824. The summed E-state index contributed by atoms with van der Waals surface area (Å²) < 4.78 is 0. The van der Waals surface area contributed by atoms with E-state index in [4.69, 9.17) is 29.0 Å². The Morgan fingerprint density at radius 1 is 1.25 bits per heavy atom. The Labute approximate surface area is 86.5 Å². The second kappa shape index (κ2) is 6.34. The van der Waals surface area contributed by atoms with Crippen molar-refractivity contribution in [2.45, 2.75) is 0 Å². The topological polar surface area (TPSA) is 69.5 Å². The van der Waals surface area contributed by atoms with Gasteiger partial charge in [0.15, 0.2) is 0 Å². The fraction of sp³-hybridized carbons (Fsp3) is 0. The van der Waals surface area contributed by atoms with Gasteiger partial charge in [0.05, 0.1) is 10.7 Å². The molecule has 0 fully saturated rings. The van der Waals surface area contributed by atoms with Crippen LogP contribution in [-0.2, 0) is 0 Å². The molecule has 0 heterocycles. The zero-order valence-corrected chi connectivity index (χ0v) is 8.30. The molecule has 0 amide bonds.